The van der Waals surface area contributed by atoms with E-state index >= 15 is 0 Å². The Morgan fingerprint density at radius 1 is 1.18 bits per heavy atom. The quantitative estimate of drug-likeness (QED) is 0.178. The summed E-state index contributed by atoms with van der Waals surface area (Å²) < 4.78 is 0. The van der Waals surface area contributed by atoms with Gasteiger partial charge in [0.2, 0.25) is 6.41 Å². The van der Waals surface area contributed by atoms with Crippen LogP contribution in [-0.4, -0.2) is 37.9 Å². The van der Waals surface area contributed by atoms with Crippen molar-refractivity contribution in [1.29, 1.82) is 0 Å². The molecule has 0 aromatic rings. The smallest absolute Gasteiger partial charge is 0.813 e. The Kier molecular flexibility index (Phi) is 46.9. The maximum atomic E-state index is 9.43. The maximum absolute atomic E-state index is 9.43. The van der Waals surface area contributed by atoms with Gasteiger partial charge < -0.3 is 18.4 Å². The van der Waals surface area contributed by atoms with Crippen LogP contribution in [0.3, 0.4) is 0 Å². The van der Waals surface area contributed by atoms with Crippen molar-refractivity contribution in [2.45, 2.75) is 0 Å². The Balaban J connectivity index is -0.0000000383. The van der Waals surface area contributed by atoms with Crippen molar-refractivity contribution >= 4 is 41.5 Å². The normalized spacial score (nSPS) is 5.82. The second-order valence-electron chi connectivity index (χ2n) is 1.40. The second-order valence-corrected chi connectivity index (χ2v) is 4.07. The molecule has 11 heavy (non-hydrogen) atoms. The molecule has 0 aromatic carbocycles. The van der Waals surface area contributed by atoms with Gasteiger partial charge in [-0.1, -0.05) is 21.6 Å². The summed E-state index contributed by atoms with van der Waals surface area (Å²) in [5.41, 5.74) is 0. The predicted octanol–water partition coefficient (Wildman–Crippen LogP) is -1.93. The molecule has 64 valence electrons. The molecule has 0 rings (SSSR count). The third-order valence-corrected chi connectivity index (χ3v) is 1.71. The van der Waals surface area contributed by atoms with Crippen molar-refractivity contribution in [3.63, 3.8) is 0 Å². The molecular weight excluding hydrogens is 209 g/mol. The molecule has 0 aliphatic rings. The number of hydrogen-bond acceptors (Lipinski definition) is 4. The topological polar surface area (TPSA) is 20.3 Å². The van der Waals surface area contributed by atoms with Crippen LogP contribution in [0.15, 0.2) is 0 Å². The van der Waals surface area contributed by atoms with Gasteiger partial charge in [0, 0.05) is 14.1 Å². The van der Waals surface area contributed by atoms with Gasteiger partial charge in [0.15, 0.2) is 0 Å². The van der Waals surface area contributed by atoms with E-state index in [1.54, 1.807) is 35.7 Å². The summed E-state index contributed by atoms with van der Waals surface area (Å²) in [5.74, 6) is 0. The molecule has 0 radical (unpaired) electrons. The average molecular weight is 223 g/mol. The minimum atomic E-state index is 0. The molecule has 0 aliphatic heterocycles. The Morgan fingerprint density at radius 3 is 1.36 bits per heavy atom. The van der Waals surface area contributed by atoms with Crippen molar-refractivity contribution in [2.24, 2.45) is 0 Å². The fourth-order valence-corrected chi connectivity index (χ4v) is 0. The predicted molar refractivity (Wildman–Crippen MR) is 55.5 cm³/mol. The van der Waals surface area contributed by atoms with E-state index in [-0.39, 0.29) is 43.1 Å². The van der Waals surface area contributed by atoms with Gasteiger partial charge in [0.1, 0.15) is 0 Å². The fraction of sp³-hybridized carbons (Fsp3) is 0.800. The Labute approximate surface area is 106 Å². The van der Waals surface area contributed by atoms with Crippen LogP contribution in [0.5, 0.6) is 0 Å². The van der Waals surface area contributed by atoms with Crippen molar-refractivity contribution in [3.05, 3.63) is 0 Å². The van der Waals surface area contributed by atoms with Crippen LogP contribution in [0, 0.1) is 0 Å². The molecule has 0 saturated carbocycles. The van der Waals surface area contributed by atoms with Gasteiger partial charge in [-0.25, -0.2) is 0 Å². The van der Waals surface area contributed by atoms with E-state index in [2.05, 4.69) is 12.5 Å². The minimum absolute atomic E-state index is 0. The van der Waals surface area contributed by atoms with Crippen LogP contribution in [-0.2, 0) is 18.3 Å². The standard InChI is InChI=1S/C3H7NO.C2H6S2.Na.H2S/c1-4(2)3-5;1-3-4-2;;/h3H,1-2H3;1-2H3;;1H2/q;;+1;/p-1. The second kappa shape index (κ2) is 22.5. The average Bonchev–Trinajstić information content (AvgIpc) is 1.89. The van der Waals surface area contributed by atoms with Gasteiger partial charge >= 0.3 is 29.6 Å². The molecular formula is C5H14NNaOS3. The molecule has 0 heterocycles. The van der Waals surface area contributed by atoms with Gasteiger partial charge in [-0.05, 0) is 12.5 Å². The molecule has 0 aromatic heterocycles. The van der Waals surface area contributed by atoms with Gasteiger partial charge in [0.05, 0.1) is 0 Å². The summed E-state index contributed by atoms with van der Waals surface area (Å²) in [5, 5.41) is 0. The van der Waals surface area contributed by atoms with E-state index in [1.165, 1.54) is 4.90 Å². The summed E-state index contributed by atoms with van der Waals surface area (Å²) in [7, 11) is 6.92. The zero-order valence-electron chi connectivity index (χ0n) is 7.70. The summed E-state index contributed by atoms with van der Waals surface area (Å²) in [6.07, 6.45) is 4.87. The largest absolute Gasteiger partial charge is 1.00 e. The molecule has 0 spiro atoms. The molecule has 0 unspecified atom stereocenters. The summed E-state index contributed by atoms with van der Waals surface area (Å²) >= 11 is 0. The first-order valence-electron chi connectivity index (χ1n) is 2.37. The first kappa shape index (κ1) is 22.9. The molecule has 6 heteroatoms. The van der Waals surface area contributed by atoms with Crippen LogP contribution in [0.1, 0.15) is 0 Å². The summed E-state index contributed by atoms with van der Waals surface area (Å²) in [4.78, 5) is 10.9. The van der Waals surface area contributed by atoms with E-state index in [9.17, 15) is 4.79 Å². The molecule has 0 bridgehead atoms. The van der Waals surface area contributed by atoms with E-state index in [0.29, 0.717) is 0 Å². The van der Waals surface area contributed by atoms with Crippen LogP contribution < -0.4 is 29.6 Å². The van der Waals surface area contributed by atoms with Crippen molar-refractivity contribution in [2.75, 3.05) is 26.6 Å². The number of rotatable bonds is 2. The number of amides is 1. The van der Waals surface area contributed by atoms with Crippen LogP contribution in [0.25, 0.3) is 0 Å². The third kappa shape index (κ3) is 51.1. The minimum Gasteiger partial charge on any atom is -0.813 e. The van der Waals surface area contributed by atoms with Gasteiger partial charge in [-0.15, -0.1) is 0 Å². The number of carbonyl (C=O) groups excluding carboxylic acids is 1. The maximum Gasteiger partial charge on any atom is 1.00 e. The van der Waals surface area contributed by atoms with Crippen LogP contribution in [0.4, 0.5) is 0 Å². The van der Waals surface area contributed by atoms with Crippen LogP contribution >= 0.6 is 21.6 Å². The SMILES string of the molecule is CN(C)C=O.CSSC.[Na+].[SH-]. The number of carbonyl (C=O) groups is 1. The van der Waals surface area contributed by atoms with Crippen LogP contribution in [0.2, 0.25) is 0 Å². The van der Waals surface area contributed by atoms with Crippen molar-refractivity contribution in [3.8, 4) is 0 Å². The molecule has 0 atom stereocenters. The number of hydrogen-bond donors (Lipinski definition) is 0. The molecule has 1 amide bonds. The van der Waals surface area contributed by atoms with E-state index in [4.69, 9.17) is 0 Å². The monoisotopic (exact) mass is 223 g/mol. The van der Waals surface area contributed by atoms with E-state index in [0.717, 1.165) is 6.41 Å². The first-order valence-corrected chi connectivity index (χ1v) is 5.34. The Hall–Kier alpha value is 1.52. The Morgan fingerprint density at radius 2 is 1.36 bits per heavy atom. The first-order chi connectivity index (χ1) is 4.18. The van der Waals surface area contributed by atoms with Crippen molar-refractivity contribution < 1.29 is 34.4 Å². The molecule has 2 nitrogen and oxygen atoms in total. The molecule has 0 saturated heterocycles. The van der Waals surface area contributed by atoms with E-state index in [1.807, 2.05) is 0 Å². The molecule has 0 N–H and O–H groups in total. The molecule has 0 fully saturated rings. The van der Waals surface area contributed by atoms with E-state index < -0.39 is 0 Å². The van der Waals surface area contributed by atoms with Gasteiger partial charge in [0.25, 0.3) is 0 Å². The zero-order valence-corrected chi connectivity index (χ0v) is 12.2. The fourth-order valence-electron chi connectivity index (χ4n) is 0. The third-order valence-electron chi connectivity index (χ3n) is 0.377. The summed E-state index contributed by atoms with van der Waals surface area (Å²) in [6, 6.07) is 0. The van der Waals surface area contributed by atoms with Gasteiger partial charge in [-0.3, -0.25) is 4.79 Å². The van der Waals surface area contributed by atoms with Crippen molar-refractivity contribution in [1.82, 2.24) is 4.90 Å². The zero-order chi connectivity index (χ0) is 7.70. The molecule has 0 aliphatic carbocycles. The Bertz CT molecular complexity index is 63.7. The number of thiol groups is 1. The number of nitrogens with zero attached hydrogens (tertiary/aromatic N) is 1. The summed E-state index contributed by atoms with van der Waals surface area (Å²) in [6.45, 7) is 0. The van der Waals surface area contributed by atoms with Gasteiger partial charge in [-0.2, -0.15) is 0 Å².